The van der Waals surface area contributed by atoms with E-state index < -0.39 is 99.9 Å². The lowest BCUT2D eigenvalue weighted by atomic mass is 9.76. The quantitative estimate of drug-likeness (QED) is 0.0453. The highest BCUT2D eigenvalue weighted by Gasteiger charge is 2.43. The van der Waals surface area contributed by atoms with Gasteiger partial charge in [-0.3, -0.25) is 47.9 Å². The lowest BCUT2D eigenvalue weighted by Gasteiger charge is -2.44. The van der Waals surface area contributed by atoms with Crippen molar-refractivity contribution in [2.45, 2.75) is 232 Å². The molecule has 21 nitrogen and oxygen atoms in total. The molecule has 1 aromatic carbocycles. The molecule has 0 unspecified atom stereocenters. The van der Waals surface area contributed by atoms with E-state index in [0.29, 0.717) is 31.7 Å². The summed E-state index contributed by atoms with van der Waals surface area (Å²) in [6, 6.07) is 1.64. The molecule has 472 valence electrons. The Morgan fingerprint density at radius 3 is 1.63 bits per heavy atom. The van der Waals surface area contributed by atoms with Gasteiger partial charge in [-0.2, -0.15) is 0 Å². The first-order chi connectivity index (χ1) is 39.1. The van der Waals surface area contributed by atoms with Crippen LogP contribution in [0.15, 0.2) is 24.3 Å². The molecule has 0 spiro atoms. The first kappa shape index (κ1) is 70.3. The predicted octanol–water partition coefficient (Wildman–Crippen LogP) is 4.86. The fourth-order valence-corrected chi connectivity index (χ4v) is 11.2. The standard InChI is InChI=1S/C62H102FN11O10/c1-38(2)34-45(52(78)66-47(36-40(5)6)54(80)71-61(11,12)58(84)72-59(7,8)56(82)64-32-29-49(75)69-62(30-19-31-62)37-73(13)14)67-57(83)60(9,10)70-53(79)46(35-39(3)4)65-50(76)44(28-23-41-20-16-15-17-21-41)51(77)68-48-22-18-33-74(48)55(81)42-24-26-43(63)27-25-42/h24-27,38-41,44-48H,15-23,28-37H2,1-14H3,(H,64,82)(H,65,76)(H,66,78)(H,67,83)(H,68,77)(H,69,75)(H,70,79)(H,71,80)(H,72,84)/t44-,45-,46-,47-,48-/m0/s1. The normalized spacial score (nSPS) is 17.9. The molecule has 2 saturated carbocycles. The second kappa shape index (κ2) is 31.3. The number of nitrogens with zero attached hydrogens (tertiary/aromatic N) is 2. The number of benzene rings is 1. The van der Waals surface area contributed by atoms with Crippen LogP contribution in [-0.2, 0) is 43.2 Å². The van der Waals surface area contributed by atoms with Crippen LogP contribution in [0.4, 0.5) is 4.39 Å². The Labute approximate surface area is 498 Å². The molecule has 2 aliphatic carbocycles. The Morgan fingerprint density at radius 2 is 1.12 bits per heavy atom. The molecule has 1 aliphatic heterocycles. The van der Waals surface area contributed by atoms with Crippen molar-refractivity contribution in [3.63, 3.8) is 0 Å². The van der Waals surface area contributed by atoms with Gasteiger partial charge in [0, 0.05) is 31.6 Å². The first-order valence-corrected chi connectivity index (χ1v) is 30.6. The maximum atomic E-state index is 14.5. The first-order valence-electron chi connectivity index (χ1n) is 30.6. The molecule has 9 N–H and O–H groups in total. The van der Waals surface area contributed by atoms with Crippen LogP contribution in [0.5, 0.6) is 0 Å². The van der Waals surface area contributed by atoms with Gasteiger partial charge in [0.25, 0.3) is 5.91 Å². The van der Waals surface area contributed by atoms with E-state index in [4.69, 9.17) is 0 Å². The van der Waals surface area contributed by atoms with E-state index in [0.717, 1.165) is 57.9 Å². The van der Waals surface area contributed by atoms with Crippen molar-refractivity contribution in [3.05, 3.63) is 35.6 Å². The van der Waals surface area contributed by atoms with Crippen LogP contribution in [-0.4, -0.2) is 149 Å². The Kier molecular flexibility index (Phi) is 26.2. The topological polar surface area (TPSA) is 285 Å². The van der Waals surface area contributed by atoms with E-state index in [2.05, 4.69) is 47.9 Å². The van der Waals surface area contributed by atoms with Crippen LogP contribution in [0.2, 0.25) is 0 Å². The van der Waals surface area contributed by atoms with Gasteiger partial charge in [0.1, 0.15) is 52.6 Å². The number of nitrogens with one attached hydrogen (secondary N) is 9. The summed E-state index contributed by atoms with van der Waals surface area (Å²) in [5.74, 6) is -7.58. The molecule has 3 aliphatic rings. The molecule has 22 heteroatoms. The average Bonchev–Trinajstić information content (AvgIpc) is 3.24. The van der Waals surface area contributed by atoms with Gasteiger partial charge in [-0.1, -0.05) is 73.6 Å². The monoisotopic (exact) mass is 1180 g/mol. The van der Waals surface area contributed by atoms with E-state index in [1.807, 2.05) is 60.5 Å². The van der Waals surface area contributed by atoms with Crippen molar-refractivity contribution >= 4 is 59.1 Å². The summed E-state index contributed by atoms with van der Waals surface area (Å²) in [6.45, 7) is 21.1. The third-order valence-electron chi connectivity index (χ3n) is 16.1. The molecule has 1 aromatic rings. The Morgan fingerprint density at radius 1 is 0.607 bits per heavy atom. The van der Waals surface area contributed by atoms with Crippen LogP contribution in [0.1, 0.15) is 196 Å². The fraction of sp³-hybridized carbons (Fsp3) is 0.742. The van der Waals surface area contributed by atoms with E-state index in [1.165, 1.54) is 70.7 Å². The van der Waals surface area contributed by atoms with Crippen LogP contribution in [0.25, 0.3) is 0 Å². The molecule has 10 amide bonds. The van der Waals surface area contributed by atoms with Crippen LogP contribution < -0.4 is 47.9 Å². The van der Waals surface area contributed by atoms with Gasteiger partial charge in [-0.15, -0.1) is 0 Å². The van der Waals surface area contributed by atoms with Crippen LogP contribution in [0.3, 0.4) is 0 Å². The van der Waals surface area contributed by atoms with E-state index >= 15 is 0 Å². The van der Waals surface area contributed by atoms with E-state index in [1.54, 1.807) is 0 Å². The van der Waals surface area contributed by atoms with Crippen molar-refractivity contribution in [1.29, 1.82) is 0 Å². The number of likely N-dealkylation sites (N-methyl/N-ethyl adjacent to an activating group) is 1. The molecule has 0 bridgehead atoms. The zero-order valence-electron chi connectivity index (χ0n) is 52.8. The SMILES string of the molecule is CC(C)C[C@H](NC(=O)[C@H](CCC1CCCCC1)C(=O)N[C@@H]1CCCN1C(=O)c1ccc(F)cc1)C(=O)NC(C)(C)C(=O)N[C@@H](CC(C)C)C(=O)N[C@@H](CC(C)C)C(=O)NC(C)(C)C(=O)NC(C)(C)C(=O)NCCC(=O)NC1(CN(C)C)CCC1. The maximum Gasteiger partial charge on any atom is 0.255 e. The van der Waals surface area contributed by atoms with Gasteiger partial charge in [0.05, 0.1) is 5.54 Å². The molecule has 0 aromatic heterocycles. The molecule has 4 rings (SSSR count). The van der Waals surface area contributed by atoms with Crippen molar-refractivity contribution in [3.8, 4) is 0 Å². The second-order valence-electron chi connectivity index (χ2n) is 27.1. The predicted molar refractivity (Wildman–Crippen MR) is 320 cm³/mol. The number of rotatable bonds is 31. The number of carbonyl (C=O) groups is 10. The van der Waals surface area contributed by atoms with E-state index in [-0.39, 0.29) is 79.3 Å². The second-order valence-corrected chi connectivity index (χ2v) is 27.1. The number of hydrogen-bond donors (Lipinski definition) is 9. The number of hydrogen-bond acceptors (Lipinski definition) is 11. The zero-order valence-corrected chi connectivity index (χ0v) is 52.8. The van der Waals surface area contributed by atoms with Gasteiger partial charge in [-0.05, 0) is 168 Å². The third kappa shape index (κ3) is 21.7. The highest BCUT2D eigenvalue weighted by Crippen LogP contribution is 2.33. The minimum absolute atomic E-state index is 0.0432. The minimum Gasteiger partial charge on any atom is -0.354 e. The summed E-state index contributed by atoms with van der Waals surface area (Å²) in [5, 5.41) is 25.5. The van der Waals surface area contributed by atoms with Gasteiger partial charge in [-0.25, -0.2) is 4.39 Å². The largest absolute Gasteiger partial charge is 0.354 e. The Balaban J connectivity index is 1.42. The molecule has 1 saturated heterocycles. The summed E-state index contributed by atoms with van der Waals surface area (Å²) >= 11 is 0. The highest BCUT2D eigenvalue weighted by molar-refractivity contribution is 6.03. The summed E-state index contributed by atoms with van der Waals surface area (Å²) in [6.07, 6.45) is 9.64. The van der Waals surface area contributed by atoms with Gasteiger partial charge < -0.3 is 57.7 Å². The van der Waals surface area contributed by atoms with Crippen LogP contribution in [0, 0.1) is 35.4 Å². The molecule has 5 atom stereocenters. The third-order valence-corrected chi connectivity index (χ3v) is 16.1. The molecular weight excluding hydrogens is 1080 g/mol. The summed E-state index contributed by atoms with van der Waals surface area (Å²) in [7, 11) is 3.91. The average molecular weight is 1180 g/mol. The molecule has 84 heavy (non-hydrogen) atoms. The Hall–Kier alpha value is -6.19. The maximum absolute atomic E-state index is 14.5. The number of halogens is 1. The molecule has 3 fully saturated rings. The fourth-order valence-electron chi connectivity index (χ4n) is 11.2. The van der Waals surface area contributed by atoms with Crippen molar-refractivity contribution in [2.75, 3.05) is 33.7 Å². The number of likely N-dealkylation sites (tertiary alicyclic amines) is 1. The molecular formula is C62H102FN11O10. The number of amides is 10. The zero-order chi connectivity index (χ0) is 62.9. The minimum atomic E-state index is -1.66. The van der Waals surface area contributed by atoms with Gasteiger partial charge in [0.15, 0.2) is 0 Å². The lowest BCUT2D eigenvalue weighted by Crippen LogP contribution is -2.65. The smallest absolute Gasteiger partial charge is 0.255 e. The van der Waals surface area contributed by atoms with Crippen molar-refractivity contribution in [2.24, 2.45) is 29.6 Å². The molecule has 0 radical (unpaired) electrons. The lowest BCUT2D eigenvalue weighted by molar-refractivity contribution is -0.140. The van der Waals surface area contributed by atoms with Gasteiger partial charge >= 0.3 is 0 Å². The van der Waals surface area contributed by atoms with E-state index in [9.17, 15) is 52.3 Å². The van der Waals surface area contributed by atoms with Gasteiger partial charge in [0.2, 0.25) is 53.2 Å². The van der Waals surface area contributed by atoms with Crippen molar-refractivity contribution < 1.29 is 52.3 Å². The number of carbonyl (C=O) groups excluding carboxylic acids is 10. The highest BCUT2D eigenvalue weighted by atomic mass is 19.1. The summed E-state index contributed by atoms with van der Waals surface area (Å²) < 4.78 is 13.7. The summed E-state index contributed by atoms with van der Waals surface area (Å²) in [4.78, 5) is 143. The summed E-state index contributed by atoms with van der Waals surface area (Å²) in [5.41, 5.74) is -4.71. The Bertz CT molecular complexity index is 2450. The molecule has 1 heterocycles. The van der Waals surface area contributed by atoms with Crippen LogP contribution >= 0.6 is 0 Å². The van der Waals surface area contributed by atoms with Crippen molar-refractivity contribution in [1.82, 2.24) is 57.7 Å².